The van der Waals surface area contributed by atoms with Crippen LogP contribution >= 0.6 is 0 Å². The Morgan fingerprint density at radius 3 is 2.81 bits per heavy atom. The van der Waals surface area contributed by atoms with E-state index in [2.05, 4.69) is 15.3 Å². The van der Waals surface area contributed by atoms with Crippen LogP contribution in [0, 0.1) is 18.6 Å². The third-order valence-electron chi connectivity index (χ3n) is 5.75. The minimum atomic E-state index is -0.651. The third-order valence-corrected chi connectivity index (χ3v) is 5.75. The van der Waals surface area contributed by atoms with Gasteiger partial charge in [0.2, 0.25) is 0 Å². The van der Waals surface area contributed by atoms with Crippen molar-refractivity contribution in [1.82, 2.24) is 20.0 Å². The van der Waals surface area contributed by atoms with Crippen LogP contribution in [0.15, 0.2) is 48.7 Å². The van der Waals surface area contributed by atoms with Gasteiger partial charge in [-0.25, -0.2) is 13.5 Å². The molecule has 2 N–H and O–H groups in total. The minimum Gasteiger partial charge on any atom is -0.392 e. The lowest BCUT2D eigenvalue weighted by molar-refractivity contribution is 0.0712. The van der Waals surface area contributed by atoms with E-state index in [1.807, 2.05) is 31.2 Å². The summed E-state index contributed by atoms with van der Waals surface area (Å²) in [6, 6.07) is 11.5. The molecule has 0 bridgehead atoms. The number of likely N-dealkylation sites (tertiary alicyclic amines) is 1. The summed E-state index contributed by atoms with van der Waals surface area (Å²) in [7, 11) is 0. The molecule has 31 heavy (non-hydrogen) atoms. The minimum absolute atomic E-state index is 0.213. The second-order valence-electron chi connectivity index (χ2n) is 8.13. The van der Waals surface area contributed by atoms with E-state index in [0.717, 1.165) is 67.5 Å². The van der Waals surface area contributed by atoms with Crippen molar-refractivity contribution in [2.75, 3.05) is 26.2 Å². The second kappa shape index (κ2) is 9.68. The fourth-order valence-corrected chi connectivity index (χ4v) is 4.09. The van der Waals surface area contributed by atoms with Gasteiger partial charge in [-0.3, -0.25) is 4.90 Å². The van der Waals surface area contributed by atoms with Gasteiger partial charge < -0.3 is 10.4 Å². The van der Waals surface area contributed by atoms with E-state index in [9.17, 15) is 13.9 Å². The van der Waals surface area contributed by atoms with Crippen molar-refractivity contribution in [3.05, 3.63) is 71.4 Å². The summed E-state index contributed by atoms with van der Waals surface area (Å²) in [4.78, 5) is 2.26. The first-order valence-electron chi connectivity index (χ1n) is 10.7. The number of hydrogen-bond donors (Lipinski definition) is 2. The first-order chi connectivity index (χ1) is 15.0. The highest BCUT2D eigenvalue weighted by Gasteiger charge is 2.18. The molecule has 1 fully saturated rings. The highest BCUT2D eigenvalue weighted by atomic mass is 19.1. The highest BCUT2D eigenvalue weighted by molar-refractivity contribution is 5.66. The van der Waals surface area contributed by atoms with E-state index in [4.69, 9.17) is 0 Å². The molecule has 1 aromatic heterocycles. The van der Waals surface area contributed by atoms with Gasteiger partial charge in [0.25, 0.3) is 0 Å². The Bertz CT molecular complexity index is 1040. The molecule has 4 rings (SSSR count). The normalized spacial score (nSPS) is 17.2. The molecule has 5 nitrogen and oxygen atoms in total. The molecule has 7 heteroatoms. The third kappa shape index (κ3) is 5.18. The second-order valence-corrected chi connectivity index (χ2v) is 8.13. The van der Waals surface area contributed by atoms with Crippen LogP contribution in [0.2, 0.25) is 0 Å². The summed E-state index contributed by atoms with van der Waals surface area (Å²) >= 11 is 0. The van der Waals surface area contributed by atoms with Crippen LogP contribution in [0.4, 0.5) is 8.78 Å². The average molecular weight is 427 g/mol. The number of halogens is 2. The number of benzene rings is 2. The predicted molar refractivity (Wildman–Crippen MR) is 117 cm³/mol. The SMILES string of the molecule is Cc1ccccc1-c1nn(-c2ccc(F)cc2F)cc1CNCCN1CCC[C@@H](O)C1. The maximum absolute atomic E-state index is 14.4. The molecule has 3 aromatic rings. The van der Waals surface area contributed by atoms with Gasteiger partial charge in [-0.1, -0.05) is 24.3 Å². The van der Waals surface area contributed by atoms with Crippen molar-refractivity contribution in [2.45, 2.75) is 32.4 Å². The van der Waals surface area contributed by atoms with Crippen molar-refractivity contribution >= 4 is 0 Å². The van der Waals surface area contributed by atoms with E-state index >= 15 is 0 Å². The van der Waals surface area contributed by atoms with Gasteiger partial charge in [0, 0.05) is 49.6 Å². The molecule has 0 spiro atoms. The van der Waals surface area contributed by atoms with Crippen molar-refractivity contribution in [2.24, 2.45) is 0 Å². The maximum atomic E-state index is 14.4. The zero-order chi connectivity index (χ0) is 21.8. The number of piperidine rings is 1. The fourth-order valence-electron chi connectivity index (χ4n) is 4.09. The van der Waals surface area contributed by atoms with Crippen LogP contribution in [0.1, 0.15) is 24.0 Å². The van der Waals surface area contributed by atoms with Crippen LogP contribution in [-0.2, 0) is 6.54 Å². The monoisotopic (exact) mass is 426 g/mol. The van der Waals surface area contributed by atoms with Crippen LogP contribution in [-0.4, -0.2) is 52.1 Å². The number of aryl methyl sites for hydroxylation is 1. The summed E-state index contributed by atoms with van der Waals surface area (Å²) in [6.07, 6.45) is 3.47. The Kier molecular flexibility index (Phi) is 6.75. The Morgan fingerprint density at radius 1 is 1.19 bits per heavy atom. The quantitative estimate of drug-likeness (QED) is 0.566. The van der Waals surface area contributed by atoms with Crippen molar-refractivity contribution in [3.63, 3.8) is 0 Å². The molecule has 1 aliphatic heterocycles. The molecule has 1 saturated heterocycles. The topological polar surface area (TPSA) is 53.3 Å². The molecule has 2 heterocycles. The summed E-state index contributed by atoms with van der Waals surface area (Å²) in [5.41, 5.74) is 4.00. The summed E-state index contributed by atoms with van der Waals surface area (Å²) in [5.74, 6) is -1.26. The average Bonchev–Trinajstić information content (AvgIpc) is 3.15. The first kappa shape index (κ1) is 21.6. The number of aliphatic hydroxyl groups is 1. The van der Waals surface area contributed by atoms with E-state index in [-0.39, 0.29) is 11.8 Å². The van der Waals surface area contributed by atoms with Crippen LogP contribution in [0.3, 0.4) is 0 Å². The highest BCUT2D eigenvalue weighted by Crippen LogP contribution is 2.27. The van der Waals surface area contributed by atoms with Gasteiger partial charge in [0.05, 0.1) is 11.8 Å². The summed E-state index contributed by atoms with van der Waals surface area (Å²) in [6.45, 7) is 5.95. The molecule has 0 radical (unpaired) electrons. The zero-order valence-corrected chi connectivity index (χ0v) is 17.7. The summed E-state index contributed by atoms with van der Waals surface area (Å²) < 4.78 is 29.2. The fraction of sp³-hybridized carbons (Fsp3) is 0.375. The molecule has 164 valence electrons. The standard InChI is InChI=1S/C24H28F2N4O/c1-17-5-2-3-7-21(17)24-18(14-27-10-12-29-11-4-6-20(31)16-29)15-30(28-24)23-9-8-19(25)13-22(23)26/h2-3,5,7-9,13,15,20,27,31H,4,6,10-12,14,16H2,1H3/t20-/m1/s1. The van der Waals surface area contributed by atoms with Crippen molar-refractivity contribution in [3.8, 4) is 16.9 Å². The lowest BCUT2D eigenvalue weighted by atomic mass is 10.0. The van der Waals surface area contributed by atoms with Gasteiger partial charge in [-0.05, 0) is 44.0 Å². The van der Waals surface area contributed by atoms with E-state index < -0.39 is 11.6 Å². The van der Waals surface area contributed by atoms with Gasteiger partial charge >= 0.3 is 0 Å². The molecule has 1 aliphatic rings. The number of hydrogen-bond acceptors (Lipinski definition) is 4. The Morgan fingerprint density at radius 2 is 2.03 bits per heavy atom. The molecule has 0 aliphatic carbocycles. The molecule has 0 amide bonds. The lowest BCUT2D eigenvalue weighted by Crippen LogP contribution is -2.41. The largest absolute Gasteiger partial charge is 0.392 e. The first-order valence-corrected chi connectivity index (χ1v) is 10.7. The molecular formula is C24H28F2N4O. The number of nitrogens with zero attached hydrogens (tertiary/aromatic N) is 3. The summed E-state index contributed by atoms with van der Waals surface area (Å²) in [5, 5.41) is 17.9. The number of nitrogens with one attached hydrogen (secondary N) is 1. The molecule has 2 aromatic carbocycles. The van der Waals surface area contributed by atoms with Gasteiger partial charge in [-0.15, -0.1) is 0 Å². The van der Waals surface area contributed by atoms with Gasteiger partial charge in [0.1, 0.15) is 11.5 Å². The van der Waals surface area contributed by atoms with Crippen LogP contribution < -0.4 is 5.32 Å². The van der Waals surface area contributed by atoms with Gasteiger partial charge in [0.15, 0.2) is 5.82 Å². The van der Waals surface area contributed by atoms with Crippen molar-refractivity contribution in [1.29, 1.82) is 0 Å². The number of β-amino-alcohol motifs (C(OH)–C–C–N with tert-alkyl or cyclic N) is 1. The molecule has 1 atom stereocenters. The Balaban J connectivity index is 1.53. The lowest BCUT2D eigenvalue weighted by Gasteiger charge is -2.29. The Hall–Kier alpha value is -2.61. The van der Waals surface area contributed by atoms with E-state index in [1.54, 1.807) is 6.20 Å². The number of rotatable bonds is 7. The van der Waals surface area contributed by atoms with Crippen molar-refractivity contribution < 1.29 is 13.9 Å². The van der Waals surface area contributed by atoms with E-state index in [0.29, 0.717) is 6.54 Å². The van der Waals surface area contributed by atoms with E-state index in [1.165, 1.54) is 16.8 Å². The smallest absolute Gasteiger partial charge is 0.151 e. The number of aliphatic hydroxyl groups excluding tert-OH is 1. The van der Waals surface area contributed by atoms with Gasteiger partial charge in [-0.2, -0.15) is 5.10 Å². The molecule has 0 saturated carbocycles. The van der Waals surface area contributed by atoms with Crippen LogP contribution in [0.5, 0.6) is 0 Å². The zero-order valence-electron chi connectivity index (χ0n) is 17.7. The molecule has 0 unspecified atom stereocenters. The predicted octanol–water partition coefficient (Wildman–Crippen LogP) is 3.67. The molecular weight excluding hydrogens is 398 g/mol. The number of aromatic nitrogens is 2. The van der Waals surface area contributed by atoms with Crippen LogP contribution in [0.25, 0.3) is 16.9 Å². The maximum Gasteiger partial charge on any atom is 0.151 e. The Labute approximate surface area is 181 Å².